The molecule has 0 aliphatic heterocycles. The number of nitrogens with zero attached hydrogens (tertiary/aromatic N) is 2. The van der Waals surface area contributed by atoms with Crippen molar-refractivity contribution in [3.63, 3.8) is 0 Å². The first-order valence-electron chi connectivity index (χ1n) is 5.76. The molecule has 0 radical (unpaired) electrons. The average Bonchev–Trinajstić information content (AvgIpc) is 2.34. The number of ether oxygens (including phenoxy) is 1. The van der Waals surface area contributed by atoms with Gasteiger partial charge >= 0.3 is 0 Å². The number of anilines is 1. The normalized spacial score (nSPS) is 12.5. The summed E-state index contributed by atoms with van der Waals surface area (Å²) in [6.07, 6.45) is 1.73. The van der Waals surface area contributed by atoms with Crippen LogP contribution < -0.4 is 10.6 Å². The summed E-state index contributed by atoms with van der Waals surface area (Å²) in [6, 6.07) is 3.75. The molecule has 1 atom stereocenters. The van der Waals surface area contributed by atoms with Crippen molar-refractivity contribution in [1.82, 2.24) is 4.98 Å². The highest BCUT2D eigenvalue weighted by Gasteiger charge is 2.14. The third-order valence-electron chi connectivity index (χ3n) is 2.54. The molecule has 0 saturated heterocycles. The molecule has 0 aliphatic carbocycles. The summed E-state index contributed by atoms with van der Waals surface area (Å²) in [4.78, 5) is 6.34. The van der Waals surface area contributed by atoms with Gasteiger partial charge in [0.05, 0.1) is 13.2 Å². The Balaban J connectivity index is 2.91. The lowest BCUT2D eigenvalue weighted by Gasteiger charge is -2.25. The molecule has 0 bridgehead atoms. The predicted molar refractivity (Wildman–Crippen MR) is 68.0 cm³/mol. The molecule has 0 amide bonds. The fraction of sp³-hybridized carbons (Fsp3) is 0.583. The number of rotatable bonds is 7. The highest BCUT2D eigenvalue weighted by atomic mass is 16.5. The van der Waals surface area contributed by atoms with E-state index >= 15 is 0 Å². The van der Waals surface area contributed by atoms with E-state index in [-0.39, 0.29) is 12.6 Å². The number of aliphatic hydroxyl groups excluding tert-OH is 1. The topological polar surface area (TPSA) is 71.6 Å². The molecule has 0 spiro atoms. The van der Waals surface area contributed by atoms with Crippen LogP contribution in [0.5, 0.6) is 0 Å². The summed E-state index contributed by atoms with van der Waals surface area (Å²) in [5, 5.41) is 9.09. The Kier molecular flexibility index (Phi) is 5.90. The number of aromatic nitrogens is 1. The van der Waals surface area contributed by atoms with Crippen molar-refractivity contribution >= 4 is 5.82 Å². The molecular formula is C12H21N3O2. The lowest BCUT2D eigenvalue weighted by molar-refractivity contribution is 0.202. The number of nitrogens with two attached hydrogens (primary N) is 1. The van der Waals surface area contributed by atoms with Gasteiger partial charge in [-0.2, -0.15) is 0 Å². The van der Waals surface area contributed by atoms with Gasteiger partial charge in [0.1, 0.15) is 5.82 Å². The Morgan fingerprint density at radius 2 is 2.29 bits per heavy atom. The standard InChI is InChI=1S/C12H21N3O2/c1-10(13)11-4-3-5-14-12(11)15(6-8-16)7-9-17-2/h3-5,10,16H,6-9,13H2,1-2H3. The molecule has 0 fully saturated rings. The second kappa shape index (κ2) is 7.21. The van der Waals surface area contributed by atoms with Crippen molar-refractivity contribution in [1.29, 1.82) is 0 Å². The molecular weight excluding hydrogens is 218 g/mol. The van der Waals surface area contributed by atoms with Crippen molar-refractivity contribution in [2.75, 3.05) is 38.3 Å². The van der Waals surface area contributed by atoms with Crippen LogP contribution in [0.25, 0.3) is 0 Å². The van der Waals surface area contributed by atoms with Crippen LogP contribution in [0.2, 0.25) is 0 Å². The Hall–Kier alpha value is -1.17. The first-order valence-corrected chi connectivity index (χ1v) is 5.76. The van der Waals surface area contributed by atoms with Gasteiger partial charge in [0.25, 0.3) is 0 Å². The van der Waals surface area contributed by atoms with E-state index in [1.165, 1.54) is 0 Å². The molecule has 1 heterocycles. The molecule has 0 saturated carbocycles. The first-order chi connectivity index (χ1) is 8.20. The molecule has 1 aromatic heterocycles. The van der Waals surface area contributed by atoms with Gasteiger partial charge in [0.2, 0.25) is 0 Å². The van der Waals surface area contributed by atoms with Gasteiger partial charge in [-0.3, -0.25) is 0 Å². The largest absolute Gasteiger partial charge is 0.395 e. The van der Waals surface area contributed by atoms with Gasteiger partial charge in [0.15, 0.2) is 0 Å². The number of hydrogen-bond donors (Lipinski definition) is 2. The van der Waals surface area contributed by atoms with Crippen molar-refractivity contribution in [3.05, 3.63) is 23.9 Å². The first kappa shape index (κ1) is 13.9. The molecule has 1 rings (SSSR count). The third-order valence-corrected chi connectivity index (χ3v) is 2.54. The number of aliphatic hydroxyl groups is 1. The van der Waals surface area contributed by atoms with Crippen LogP contribution in [0.3, 0.4) is 0 Å². The maximum Gasteiger partial charge on any atom is 0.133 e. The van der Waals surface area contributed by atoms with E-state index in [9.17, 15) is 0 Å². The summed E-state index contributed by atoms with van der Waals surface area (Å²) in [6.45, 7) is 3.81. The maximum absolute atomic E-state index is 9.09. The minimum Gasteiger partial charge on any atom is -0.395 e. The number of methoxy groups -OCH3 is 1. The summed E-state index contributed by atoms with van der Waals surface area (Å²) >= 11 is 0. The minimum atomic E-state index is -0.0811. The van der Waals surface area contributed by atoms with E-state index in [2.05, 4.69) is 4.98 Å². The van der Waals surface area contributed by atoms with Crippen LogP contribution in [0.15, 0.2) is 18.3 Å². The molecule has 1 aromatic rings. The minimum absolute atomic E-state index is 0.0811. The fourth-order valence-electron chi connectivity index (χ4n) is 1.67. The fourth-order valence-corrected chi connectivity index (χ4v) is 1.67. The molecule has 3 N–H and O–H groups in total. The lowest BCUT2D eigenvalue weighted by atomic mass is 10.1. The van der Waals surface area contributed by atoms with Crippen LogP contribution >= 0.6 is 0 Å². The zero-order valence-electron chi connectivity index (χ0n) is 10.5. The monoisotopic (exact) mass is 239 g/mol. The molecule has 96 valence electrons. The highest BCUT2D eigenvalue weighted by Crippen LogP contribution is 2.21. The van der Waals surface area contributed by atoms with Gasteiger partial charge in [-0.15, -0.1) is 0 Å². The van der Waals surface area contributed by atoms with E-state index in [1.807, 2.05) is 24.0 Å². The van der Waals surface area contributed by atoms with E-state index < -0.39 is 0 Å². The molecule has 0 aliphatic rings. The Morgan fingerprint density at radius 1 is 1.53 bits per heavy atom. The Labute approximate surface area is 102 Å². The zero-order chi connectivity index (χ0) is 12.7. The van der Waals surface area contributed by atoms with E-state index in [4.69, 9.17) is 15.6 Å². The number of hydrogen-bond acceptors (Lipinski definition) is 5. The van der Waals surface area contributed by atoms with Crippen LogP contribution in [-0.2, 0) is 4.74 Å². The van der Waals surface area contributed by atoms with Crippen molar-refractivity contribution in [3.8, 4) is 0 Å². The molecule has 5 heteroatoms. The van der Waals surface area contributed by atoms with E-state index in [1.54, 1.807) is 13.3 Å². The molecule has 17 heavy (non-hydrogen) atoms. The highest BCUT2D eigenvalue weighted by molar-refractivity contribution is 5.48. The van der Waals surface area contributed by atoms with Gasteiger partial charge in [-0.1, -0.05) is 6.07 Å². The third kappa shape index (κ3) is 3.96. The van der Waals surface area contributed by atoms with E-state index in [0.29, 0.717) is 19.7 Å². The zero-order valence-corrected chi connectivity index (χ0v) is 10.5. The summed E-state index contributed by atoms with van der Waals surface area (Å²) < 4.78 is 5.06. The summed E-state index contributed by atoms with van der Waals surface area (Å²) in [5.41, 5.74) is 6.90. The SMILES string of the molecule is COCCN(CCO)c1ncccc1C(C)N. The van der Waals surface area contributed by atoms with Crippen molar-refractivity contribution < 1.29 is 9.84 Å². The predicted octanol–water partition coefficient (Wildman–Crippen LogP) is 0.546. The van der Waals surface area contributed by atoms with Crippen LogP contribution in [0.1, 0.15) is 18.5 Å². The summed E-state index contributed by atoms with van der Waals surface area (Å²) in [5.74, 6) is 0.827. The number of pyridine rings is 1. The van der Waals surface area contributed by atoms with Crippen molar-refractivity contribution in [2.24, 2.45) is 5.73 Å². The Morgan fingerprint density at radius 3 is 2.88 bits per heavy atom. The van der Waals surface area contributed by atoms with Gasteiger partial charge < -0.3 is 20.5 Å². The van der Waals surface area contributed by atoms with Gasteiger partial charge in [-0.05, 0) is 13.0 Å². The van der Waals surface area contributed by atoms with Crippen LogP contribution in [-0.4, -0.2) is 43.5 Å². The quantitative estimate of drug-likeness (QED) is 0.727. The maximum atomic E-state index is 9.09. The smallest absolute Gasteiger partial charge is 0.133 e. The van der Waals surface area contributed by atoms with Crippen molar-refractivity contribution in [2.45, 2.75) is 13.0 Å². The van der Waals surface area contributed by atoms with Gasteiger partial charge in [0, 0.05) is 38.0 Å². The van der Waals surface area contributed by atoms with Gasteiger partial charge in [-0.25, -0.2) is 4.98 Å². The van der Waals surface area contributed by atoms with E-state index in [0.717, 1.165) is 11.4 Å². The average molecular weight is 239 g/mol. The Bertz CT molecular complexity index is 331. The molecule has 1 unspecified atom stereocenters. The summed E-state index contributed by atoms with van der Waals surface area (Å²) in [7, 11) is 1.65. The lowest BCUT2D eigenvalue weighted by Crippen LogP contribution is -2.32. The van der Waals surface area contributed by atoms with Crippen LogP contribution in [0.4, 0.5) is 5.82 Å². The van der Waals surface area contributed by atoms with Crippen LogP contribution in [0, 0.1) is 0 Å². The second-order valence-electron chi connectivity index (χ2n) is 3.91. The molecule has 0 aromatic carbocycles. The molecule has 5 nitrogen and oxygen atoms in total. The second-order valence-corrected chi connectivity index (χ2v) is 3.91.